The Hall–Kier alpha value is -0.0800. The lowest BCUT2D eigenvalue weighted by Gasteiger charge is -2.48. The van der Waals surface area contributed by atoms with E-state index in [-0.39, 0.29) is 0 Å². The minimum Gasteiger partial charge on any atom is -0.328 e. The maximum atomic E-state index is 6.32. The zero-order chi connectivity index (χ0) is 17.1. The van der Waals surface area contributed by atoms with E-state index in [1.54, 1.807) is 0 Å². The lowest BCUT2D eigenvalue weighted by molar-refractivity contribution is 0.0192. The molecule has 2 saturated carbocycles. The molecule has 0 amide bonds. The largest absolute Gasteiger partial charge is 0.328 e. The van der Waals surface area contributed by atoms with Crippen LogP contribution in [0.15, 0.2) is 0 Å². The molecule has 2 fully saturated rings. The third kappa shape index (κ3) is 4.51. The highest BCUT2D eigenvalue weighted by Gasteiger charge is 2.42. The van der Waals surface area contributed by atoms with Gasteiger partial charge < -0.3 is 11.5 Å². The van der Waals surface area contributed by atoms with Crippen LogP contribution in [0.5, 0.6) is 0 Å². The van der Waals surface area contributed by atoms with Crippen LogP contribution < -0.4 is 11.5 Å². The molecule has 6 unspecified atom stereocenters. The van der Waals surface area contributed by atoms with Crippen LogP contribution >= 0.6 is 0 Å². The van der Waals surface area contributed by atoms with E-state index in [4.69, 9.17) is 11.5 Å². The number of nitrogens with two attached hydrogens (primary N) is 2. The highest BCUT2D eigenvalue weighted by Crippen LogP contribution is 2.49. The average molecular weight is 323 g/mol. The Morgan fingerprint density at radius 3 is 1.39 bits per heavy atom. The van der Waals surface area contributed by atoms with Crippen LogP contribution in [0.25, 0.3) is 0 Å². The van der Waals surface area contributed by atoms with Gasteiger partial charge in [-0.1, -0.05) is 41.0 Å². The van der Waals surface area contributed by atoms with Gasteiger partial charge in [-0.05, 0) is 80.0 Å². The molecule has 0 bridgehead atoms. The molecule has 2 rings (SSSR count). The molecule has 0 heterocycles. The molecule has 2 aliphatic carbocycles. The maximum absolute atomic E-state index is 6.32. The van der Waals surface area contributed by atoms with E-state index in [1.165, 1.54) is 44.9 Å². The van der Waals surface area contributed by atoms with Gasteiger partial charge in [0.1, 0.15) is 0 Å². The van der Waals surface area contributed by atoms with Gasteiger partial charge in [-0.2, -0.15) is 0 Å². The van der Waals surface area contributed by atoms with E-state index in [0.29, 0.717) is 12.1 Å². The molecule has 0 aromatic heterocycles. The molecule has 0 aromatic rings. The summed E-state index contributed by atoms with van der Waals surface area (Å²) in [5.74, 6) is 5.85. The summed E-state index contributed by atoms with van der Waals surface area (Å²) in [6.45, 7) is 12.1. The second kappa shape index (κ2) is 8.34. The van der Waals surface area contributed by atoms with Gasteiger partial charge in [0.15, 0.2) is 0 Å². The summed E-state index contributed by atoms with van der Waals surface area (Å²) in [7, 11) is 0. The Bertz CT molecular complexity index is 320. The number of rotatable bonds is 5. The first-order chi connectivity index (χ1) is 10.8. The third-order valence-corrected chi connectivity index (χ3v) is 7.28. The van der Waals surface area contributed by atoms with E-state index < -0.39 is 0 Å². The minimum atomic E-state index is 0.442. The first-order valence-electron chi connectivity index (χ1n) is 10.4. The van der Waals surface area contributed by atoms with Gasteiger partial charge in [-0.15, -0.1) is 0 Å². The molecule has 2 aliphatic rings. The van der Waals surface area contributed by atoms with Crippen LogP contribution in [0.1, 0.15) is 79.6 Å². The van der Waals surface area contributed by atoms with Gasteiger partial charge in [0, 0.05) is 12.1 Å². The van der Waals surface area contributed by atoms with Gasteiger partial charge in [-0.3, -0.25) is 0 Å². The lowest BCUT2D eigenvalue weighted by atomic mass is 9.58. The Kier molecular flexibility index (Phi) is 6.98. The number of hydrogen-bond acceptors (Lipinski definition) is 2. The summed E-state index contributed by atoms with van der Waals surface area (Å²) in [4.78, 5) is 0. The molecular formula is C21H42N2. The molecule has 4 N–H and O–H groups in total. The normalized spacial score (nSPS) is 40.6. The van der Waals surface area contributed by atoms with Crippen molar-refractivity contribution in [2.24, 2.45) is 52.9 Å². The topological polar surface area (TPSA) is 52.0 Å². The summed E-state index contributed by atoms with van der Waals surface area (Å²) in [5.41, 5.74) is 12.6. The highest BCUT2D eigenvalue weighted by atomic mass is 14.7. The summed E-state index contributed by atoms with van der Waals surface area (Å²) in [5, 5.41) is 0. The van der Waals surface area contributed by atoms with Crippen LogP contribution in [0.2, 0.25) is 0 Å². The van der Waals surface area contributed by atoms with E-state index in [0.717, 1.165) is 41.4 Å². The van der Waals surface area contributed by atoms with Crippen LogP contribution in [0, 0.1) is 41.4 Å². The van der Waals surface area contributed by atoms with Gasteiger partial charge in [0.25, 0.3) is 0 Å². The van der Waals surface area contributed by atoms with Crippen molar-refractivity contribution in [2.45, 2.75) is 91.6 Å². The first kappa shape index (κ1) is 19.2. The van der Waals surface area contributed by atoms with Crippen molar-refractivity contribution in [1.82, 2.24) is 0 Å². The molecule has 6 atom stereocenters. The zero-order valence-corrected chi connectivity index (χ0v) is 16.3. The van der Waals surface area contributed by atoms with Crippen LogP contribution in [-0.2, 0) is 0 Å². The zero-order valence-electron chi connectivity index (χ0n) is 16.3. The molecule has 2 heteroatoms. The molecule has 0 aromatic carbocycles. The summed E-state index contributed by atoms with van der Waals surface area (Å²) in [6.07, 6.45) is 9.03. The van der Waals surface area contributed by atoms with Crippen molar-refractivity contribution in [3.8, 4) is 0 Å². The van der Waals surface area contributed by atoms with Crippen molar-refractivity contribution in [2.75, 3.05) is 0 Å². The SMILES string of the molecule is CCC(C1CCC(N)CC1C(C)C)C1CCC(N)CC1C(C)C. The first-order valence-corrected chi connectivity index (χ1v) is 10.4. The van der Waals surface area contributed by atoms with Crippen molar-refractivity contribution < 1.29 is 0 Å². The monoisotopic (exact) mass is 322 g/mol. The van der Waals surface area contributed by atoms with Crippen LogP contribution in [0.3, 0.4) is 0 Å². The minimum absolute atomic E-state index is 0.442. The second-order valence-electron chi connectivity index (χ2n) is 9.36. The van der Waals surface area contributed by atoms with Gasteiger partial charge in [-0.25, -0.2) is 0 Å². The average Bonchev–Trinajstić information content (AvgIpc) is 2.50. The summed E-state index contributed by atoms with van der Waals surface area (Å²) in [6, 6.07) is 0.883. The predicted molar refractivity (Wildman–Crippen MR) is 101 cm³/mol. The van der Waals surface area contributed by atoms with Gasteiger partial charge in [0.05, 0.1) is 0 Å². The maximum Gasteiger partial charge on any atom is 0.00417 e. The van der Waals surface area contributed by atoms with Gasteiger partial charge in [0.2, 0.25) is 0 Å². The number of hydrogen-bond donors (Lipinski definition) is 2. The van der Waals surface area contributed by atoms with Gasteiger partial charge >= 0.3 is 0 Å². The summed E-state index contributed by atoms with van der Waals surface area (Å²) >= 11 is 0. The molecule has 0 spiro atoms. The fraction of sp³-hybridized carbons (Fsp3) is 1.00. The Labute approximate surface area is 145 Å². The quantitative estimate of drug-likeness (QED) is 0.763. The molecule has 2 nitrogen and oxygen atoms in total. The van der Waals surface area contributed by atoms with E-state index in [2.05, 4.69) is 34.6 Å². The van der Waals surface area contributed by atoms with E-state index >= 15 is 0 Å². The third-order valence-electron chi connectivity index (χ3n) is 7.28. The molecular weight excluding hydrogens is 280 g/mol. The molecule has 23 heavy (non-hydrogen) atoms. The fourth-order valence-electron chi connectivity index (χ4n) is 6.04. The van der Waals surface area contributed by atoms with Crippen molar-refractivity contribution in [3.05, 3.63) is 0 Å². The smallest absolute Gasteiger partial charge is 0.00417 e. The lowest BCUT2D eigenvalue weighted by Crippen LogP contribution is -2.45. The second-order valence-corrected chi connectivity index (χ2v) is 9.36. The van der Waals surface area contributed by atoms with Crippen molar-refractivity contribution in [1.29, 1.82) is 0 Å². The Morgan fingerprint density at radius 1 is 0.696 bits per heavy atom. The van der Waals surface area contributed by atoms with E-state index in [1.807, 2.05) is 0 Å². The highest BCUT2D eigenvalue weighted by molar-refractivity contribution is 4.94. The Morgan fingerprint density at radius 2 is 1.09 bits per heavy atom. The molecule has 0 radical (unpaired) electrons. The summed E-state index contributed by atoms with van der Waals surface area (Å²) < 4.78 is 0. The predicted octanol–water partition coefficient (Wildman–Crippen LogP) is 4.81. The van der Waals surface area contributed by atoms with Crippen molar-refractivity contribution >= 4 is 0 Å². The standard InChI is InChI=1S/C21H42N2/c1-6-17(18-9-7-15(22)11-20(18)13(2)3)19-10-8-16(23)12-21(19)14(4)5/h13-21H,6-12,22-23H2,1-5H3. The van der Waals surface area contributed by atoms with Crippen LogP contribution in [0.4, 0.5) is 0 Å². The fourth-order valence-corrected chi connectivity index (χ4v) is 6.04. The molecule has 0 aliphatic heterocycles. The van der Waals surface area contributed by atoms with Crippen LogP contribution in [-0.4, -0.2) is 12.1 Å². The van der Waals surface area contributed by atoms with Crippen molar-refractivity contribution in [3.63, 3.8) is 0 Å². The Balaban J connectivity index is 2.19. The molecule has 136 valence electrons. The van der Waals surface area contributed by atoms with E-state index in [9.17, 15) is 0 Å². The molecule has 0 saturated heterocycles.